The van der Waals surface area contributed by atoms with Gasteiger partial charge < -0.3 is 5.32 Å². The molecule has 1 N–H and O–H groups in total. The Morgan fingerprint density at radius 2 is 2.18 bits per heavy atom. The molecular formula is C11H14N4S2. The van der Waals surface area contributed by atoms with Crippen molar-refractivity contribution in [3.63, 3.8) is 0 Å². The number of nitrogens with one attached hydrogen (secondary N) is 1. The van der Waals surface area contributed by atoms with E-state index >= 15 is 0 Å². The average Bonchev–Trinajstić information content (AvgIpc) is 2.78. The number of nitrogens with zero attached hydrogens (tertiary/aromatic N) is 3. The first-order valence-corrected chi connectivity index (χ1v) is 7.06. The monoisotopic (exact) mass is 266 g/mol. The lowest BCUT2D eigenvalue weighted by Gasteiger charge is -2.10. The second kappa shape index (κ2) is 5.46. The number of anilines is 1. The van der Waals surface area contributed by atoms with Gasteiger partial charge in [0.15, 0.2) is 4.34 Å². The van der Waals surface area contributed by atoms with Gasteiger partial charge in [0.2, 0.25) is 0 Å². The first kappa shape index (κ1) is 12.3. The van der Waals surface area contributed by atoms with Crippen LogP contribution in [-0.4, -0.2) is 21.5 Å². The largest absolute Gasteiger partial charge is 0.370 e. The summed E-state index contributed by atoms with van der Waals surface area (Å²) < 4.78 is 1.01. The molecule has 0 aliphatic heterocycles. The van der Waals surface area contributed by atoms with E-state index in [1.54, 1.807) is 23.1 Å². The maximum Gasteiger partial charge on any atom is 0.156 e. The zero-order valence-corrected chi connectivity index (χ0v) is 11.7. The van der Waals surface area contributed by atoms with E-state index < -0.39 is 0 Å². The normalized spacial score (nSPS) is 10.5. The van der Waals surface area contributed by atoms with Crippen molar-refractivity contribution in [2.45, 2.75) is 30.1 Å². The Morgan fingerprint density at radius 3 is 2.82 bits per heavy atom. The Bertz CT molecular complexity index is 496. The summed E-state index contributed by atoms with van der Waals surface area (Å²) in [6.45, 7) is 6.86. The Morgan fingerprint density at radius 1 is 1.35 bits per heavy atom. The Kier molecular flexibility index (Phi) is 3.96. The standard InChI is InChI=1S/C11H14N4S2/c1-4-12-9-7(2)10(15-8(3)14-9)17-11-13-5-6-16-11/h5-6H,4H2,1-3H3,(H,12,14,15). The Labute approximate surface area is 109 Å². The number of thiazole rings is 1. The quantitative estimate of drug-likeness (QED) is 0.862. The van der Waals surface area contributed by atoms with E-state index in [0.717, 1.165) is 33.1 Å². The molecule has 2 heterocycles. The minimum absolute atomic E-state index is 0.783. The summed E-state index contributed by atoms with van der Waals surface area (Å²) in [6.07, 6.45) is 1.81. The summed E-state index contributed by atoms with van der Waals surface area (Å²) >= 11 is 3.21. The average molecular weight is 266 g/mol. The summed E-state index contributed by atoms with van der Waals surface area (Å²) in [5.74, 6) is 1.70. The summed E-state index contributed by atoms with van der Waals surface area (Å²) in [5, 5.41) is 6.20. The molecule has 0 spiro atoms. The van der Waals surface area contributed by atoms with Gasteiger partial charge in [-0.25, -0.2) is 15.0 Å². The molecule has 0 saturated heterocycles. The molecule has 0 amide bonds. The third-order valence-corrected chi connectivity index (χ3v) is 4.13. The van der Waals surface area contributed by atoms with Gasteiger partial charge in [0, 0.05) is 23.7 Å². The molecule has 2 rings (SSSR count). The van der Waals surface area contributed by atoms with Crippen LogP contribution in [0.15, 0.2) is 20.9 Å². The van der Waals surface area contributed by atoms with Crippen LogP contribution in [0.1, 0.15) is 18.3 Å². The molecule has 0 bridgehead atoms. The zero-order valence-electron chi connectivity index (χ0n) is 10.0. The smallest absolute Gasteiger partial charge is 0.156 e. The van der Waals surface area contributed by atoms with E-state index in [1.807, 2.05) is 25.4 Å². The van der Waals surface area contributed by atoms with Crippen LogP contribution in [0.3, 0.4) is 0 Å². The fourth-order valence-corrected chi connectivity index (χ4v) is 3.05. The van der Waals surface area contributed by atoms with Crippen LogP contribution in [-0.2, 0) is 0 Å². The predicted molar refractivity (Wildman–Crippen MR) is 71.9 cm³/mol. The highest BCUT2D eigenvalue weighted by atomic mass is 32.2. The van der Waals surface area contributed by atoms with Gasteiger partial charge in [-0.15, -0.1) is 11.3 Å². The van der Waals surface area contributed by atoms with Crippen LogP contribution in [0, 0.1) is 13.8 Å². The molecule has 0 unspecified atom stereocenters. The van der Waals surface area contributed by atoms with E-state index in [1.165, 1.54) is 0 Å². The third kappa shape index (κ3) is 2.95. The van der Waals surface area contributed by atoms with E-state index in [9.17, 15) is 0 Å². The maximum absolute atomic E-state index is 4.47. The highest BCUT2D eigenvalue weighted by Crippen LogP contribution is 2.32. The van der Waals surface area contributed by atoms with E-state index in [4.69, 9.17) is 0 Å². The molecule has 0 radical (unpaired) electrons. The number of hydrogen-bond acceptors (Lipinski definition) is 6. The third-order valence-electron chi connectivity index (χ3n) is 2.15. The van der Waals surface area contributed by atoms with Crippen molar-refractivity contribution in [2.24, 2.45) is 0 Å². The molecule has 0 aromatic carbocycles. The minimum atomic E-state index is 0.783. The molecule has 2 aromatic heterocycles. The molecule has 0 fully saturated rings. The molecule has 0 aliphatic carbocycles. The van der Waals surface area contributed by atoms with E-state index in [2.05, 4.69) is 27.2 Å². The van der Waals surface area contributed by atoms with Crippen molar-refractivity contribution in [3.05, 3.63) is 23.0 Å². The molecule has 2 aromatic rings. The summed E-state index contributed by atoms with van der Waals surface area (Å²) in [5.41, 5.74) is 1.08. The molecule has 90 valence electrons. The van der Waals surface area contributed by atoms with Gasteiger partial charge in [-0.1, -0.05) is 0 Å². The molecule has 4 nitrogen and oxygen atoms in total. The number of rotatable bonds is 4. The minimum Gasteiger partial charge on any atom is -0.370 e. The molecule has 6 heteroatoms. The zero-order chi connectivity index (χ0) is 12.3. The van der Waals surface area contributed by atoms with Crippen molar-refractivity contribution in [3.8, 4) is 0 Å². The molecule has 0 aliphatic rings. The van der Waals surface area contributed by atoms with Gasteiger partial charge in [-0.05, 0) is 32.5 Å². The van der Waals surface area contributed by atoms with Crippen LogP contribution >= 0.6 is 23.1 Å². The Hall–Kier alpha value is -1.14. The second-order valence-corrected chi connectivity index (χ2v) is 5.61. The van der Waals surface area contributed by atoms with Crippen LogP contribution in [0.2, 0.25) is 0 Å². The van der Waals surface area contributed by atoms with Crippen LogP contribution in [0.4, 0.5) is 5.82 Å². The van der Waals surface area contributed by atoms with Gasteiger partial charge in [0.25, 0.3) is 0 Å². The van der Waals surface area contributed by atoms with E-state index in [0.29, 0.717) is 0 Å². The summed E-state index contributed by atoms with van der Waals surface area (Å²) in [7, 11) is 0. The van der Waals surface area contributed by atoms with Gasteiger partial charge in [0.1, 0.15) is 16.7 Å². The lowest BCUT2D eigenvalue weighted by atomic mass is 10.3. The van der Waals surface area contributed by atoms with Crippen molar-refractivity contribution in [1.29, 1.82) is 0 Å². The lowest BCUT2D eigenvalue weighted by molar-refractivity contribution is 0.932. The molecule has 0 atom stereocenters. The lowest BCUT2D eigenvalue weighted by Crippen LogP contribution is -2.05. The van der Waals surface area contributed by atoms with E-state index in [-0.39, 0.29) is 0 Å². The fourth-order valence-electron chi connectivity index (χ4n) is 1.39. The van der Waals surface area contributed by atoms with Crippen molar-refractivity contribution < 1.29 is 0 Å². The number of aromatic nitrogens is 3. The first-order chi connectivity index (χ1) is 8.20. The number of hydrogen-bond donors (Lipinski definition) is 1. The fraction of sp³-hybridized carbons (Fsp3) is 0.364. The second-order valence-electron chi connectivity index (χ2n) is 3.48. The molecular weight excluding hydrogens is 252 g/mol. The Balaban J connectivity index is 2.32. The maximum atomic E-state index is 4.47. The first-order valence-electron chi connectivity index (χ1n) is 5.37. The van der Waals surface area contributed by atoms with Crippen molar-refractivity contribution in [2.75, 3.05) is 11.9 Å². The van der Waals surface area contributed by atoms with Gasteiger partial charge in [-0.3, -0.25) is 0 Å². The van der Waals surface area contributed by atoms with Gasteiger partial charge >= 0.3 is 0 Å². The predicted octanol–water partition coefficient (Wildman–Crippen LogP) is 3.13. The summed E-state index contributed by atoms with van der Waals surface area (Å²) in [4.78, 5) is 13.1. The summed E-state index contributed by atoms with van der Waals surface area (Å²) in [6, 6.07) is 0. The van der Waals surface area contributed by atoms with Gasteiger partial charge in [-0.2, -0.15) is 0 Å². The number of aryl methyl sites for hydroxylation is 1. The van der Waals surface area contributed by atoms with Gasteiger partial charge in [0.05, 0.1) is 0 Å². The highest BCUT2D eigenvalue weighted by Gasteiger charge is 2.11. The molecule has 17 heavy (non-hydrogen) atoms. The van der Waals surface area contributed by atoms with Crippen molar-refractivity contribution in [1.82, 2.24) is 15.0 Å². The van der Waals surface area contributed by atoms with Crippen LogP contribution in [0.5, 0.6) is 0 Å². The van der Waals surface area contributed by atoms with Crippen molar-refractivity contribution >= 4 is 28.9 Å². The topological polar surface area (TPSA) is 50.7 Å². The van der Waals surface area contributed by atoms with Crippen LogP contribution in [0.25, 0.3) is 0 Å². The van der Waals surface area contributed by atoms with Crippen LogP contribution < -0.4 is 5.32 Å². The SMILES string of the molecule is CCNc1nc(C)nc(Sc2nccs2)c1C. The molecule has 0 saturated carbocycles. The highest BCUT2D eigenvalue weighted by molar-refractivity contribution is 8.01.